The third-order valence-corrected chi connectivity index (χ3v) is 6.11. The maximum Gasteiger partial charge on any atom is 0.227 e. The average molecular weight is 402 g/mol. The van der Waals surface area contributed by atoms with Crippen LogP contribution in [0.4, 0.5) is 11.8 Å². The highest BCUT2D eigenvalue weighted by Crippen LogP contribution is 2.24. The first kappa shape index (κ1) is 19.4. The molecule has 0 spiro atoms. The maximum atomic E-state index is 6.32. The van der Waals surface area contributed by atoms with Crippen LogP contribution >= 0.6 is 11.6 Å². The van der Waals surface area contributed by atoms with E-state index in [1.54, 1.807) is 0 Å². The summed E-state index contributed by atoms with van der Waals surface area (Å²) in [5.74, 6) is 1.81. The lowest BCUT2D eigenvalue weighted by Gasteiger charge is -2.37. The van der Waals surface area contributed by atoms with Crippen molar-refractivity contribution < 1.29 is 4.74 Å². The topological polar surface area (TPSA) is 44.7 Å². The zero-order valence-electron chi connectivity index (χ0n) is 16.4. The second kappa shape index (κ2) is 9.07. The van der Waals surface area contributed by atoms with Gasteiger partial charge in [0.2, 0.25) is 5.95 Å². The zero-order valence-corrected chi connectivity index (χ0v) is 17.2. The van der Waals surface area contributed by atoms with E-state index in [9.17, 15) is 0 Å². The molecule has 7 heteroatoms. The van der Waals surface area contributed by atoms with Crippen LogP contribution in [0, 0.1) is 0 Å². The van der Waals surface area contributed by atoms with E-state index in [1.165, 1.54) is 5.56 Å². The van der Waals surface area contributed by atoms with Crippen molar-refractivity contribution in [1.82, 2.24) is 14.9 Å². The van der Waals surface area contributed by atoms with Crippen molar-refractivity contribution in [2.24, 2.45) is 0 Å². The van der Waals surface area contributed by atoms with E-state index in [0.29, 0.717) is 6.04 Å². The Balaban J connectivity index is 1.35. The van der Waals surface area contributed by atoms with Crippen LogP contribution in [0.2, 0.25) is 5.02 Å². The predicted octanol–water partition coefficient (Wildman–Crippen LogP) is 3.07. The molecule has 0 radical (unpaired) electrons. The summed E-state index contributed by atoms with van der Waals surface area (Å²) in [7, 11) is 2.15. The highest BCUT2D eigenvalue weighted by atomic mass is 35.5. The lowest BCUT2D eigenvalue weighted by molar-refractivity contribution is 0.122. The van der Waals surface area contributed by atoms with Gasteiger partial charge in [-0.25, -0.2) is 4.98 Å². The van der Waals surface area contributed by atoms with Crippen LogP contribution in [0.15, 0.2) is 36.5 Å². The second-order valence-electron chi connectivity index (χ2n) is 7.52. The van der Waals surface area contributed by atoms with Gasteiger partial charge in [-0.1, -0.05) is 29.8 Å². The first-order chi connectivity index (χ1) is 13.7. The van der Waals surface area contributed by atoms with E-state index < -0.39 is 0 Å². The average Bonchev–Trinajstić information content (AvgIpc) is 2.76. The van der Waals surface area contributed by atoms with Gasteiger partial charge in [-0.15, -0.1) is 0 Å². The summed E-state index contributed by atoms with van der Waals surface area (Å²) in [4.78, 5) is 16.3. The van der Waals surface area contributed by atoms with Crippen molar-refractivity contribution in [3.8, 4) is 0 Å². The van der Waals surface area contributed by atoms with E-state index in [1.807, 2.05) is 24.4 Å². The summed E-state index contributed by atoms with van der Waals surface area (Å²) in [6.45, 7) is 6.26. The third kappa shape index (κ3) is 4.57. The van der Waals surface area contributed by atoms with Crippen LogP contribution in [0.5, 0.6) is 0 Å². The van der Waals surface area contributed by atoms with Crippen LogP contribution in [-0.4, -0.2) is 67.4 Å². The minimum atomic E-state index is 0.495. The second-order valence-corrected chi connectivity index (χ2v) is 7.93. The fourth-order valence-corrected chi connectivity index (χ4v) is 4.17. The molecule has 6 nitrogen and oxygen atoms in total. The Morgan fingerprint density at radius 1 is 1.11 bits per heavy atom. The van der Waals surface area contributed by atoms with Gasteiger partial charge in [0.25, 0.3) is 0 Å². The number of aromatic nitrogens is 2. The number of benzene rings is 1. The SMILES string of the molecule is CN(c1ccnc(N2CCOCC2)n1)C1CCN(Cc2ccccc2Cl)CC1. The summed E-state index contributed by atoms with van der Waals surface area (Å²) in [5.41, 5.74) is 1.21. The molecule has 0 saturated carbocycles. The molecule has 2 aliphatic rings. The number of anilines is 2. The van der Waals surface area contributed by atoms with Gasteiger partial charge in [0, 0.05) is 57.0 Å². The molecule has 2 saturated heterocycles. The Hall–Kier alpha value is -1.89. The van der Waals surface area contributed by atoms with E-state index in [4.69, 9.17) is 21.3 Å². The molecule has 0 unspecified atom stereocenters. The van der Waals surface area contributed by atoms with Crippen molar-refractivity contribution in [3.05, 3.63) is 47.1 Å². The smallest absolute Gasteiger partial charge is 0.227 e. The Labute approximate surface area is 172 Å². The van der Waals surface area contributed by atoms with Gasteiger partial charge in [0.15, 0.2) is 0 Å². The molecule has 0 bridgehead atoms. The number of piperidine rings is 1. The minimum absolute atomic E-state index is 0.495. The molecular formula is C21H28ClN5O. The first-order valence-corrected chi connectivity index (χ1v) is 10.4. The molecule has 2 fully saturated rings. The normalized spacial score (nSPS) is 19.0. The highest BCUT2D eigenvalue weighted by molar-refractivity contribution is 6.31. The van der Waals surface area contributed by atoms with Crippen LogP contribution in [-0.2, 0) is 11.3 Å². The highest BCUT2D eigenvalue weighted by Gasteiger charge is 2.24. The van der Waals surface area contributed by atoms with Gasteiger partial charge in [0.05, 0.1) is 13.2 Å². The van der Waals surface area contributed by atoms with Crippen molar-refractivity contribution >= 4 is 23.4 Å². The van der Waals surface area contributed by atoms with Crippen molar-refractivity contribution in [2.45, 2.75) is 25.4 Å². The van der Waals surface area contributed by atoms with Crippen molar-refractivity contribution in [3.63, 3.8) is 0 Å². The molecule has 2 aliphatic heterocycles. The number of hydrogen-bond acceptors (Lipinski definition) is 6. The van der Waals surface area contributed by atoms with Gasteiger partial charge in [-0.3, -0.25) is 4.90 Å². The molecule has 1 aromatic carbocycles. The van der Waals surface area contributed by atoms with Crippen molar-refractivity contribution in [2.75, 3.05) is 56.2 Å². The maximum absolute atomic E-state index is 6.32. The van der Waals surface area contributed by atoms with E-state index in [-0.39, 0.29) is 0 Å². The molecule has 0 amide bonds. The van der Waals surface area contributed by atoms with Gasteiger partial charge in [-0.2, -0.15) is 4.98 Å². The number of rotatable bonds is 5. The molecule has 1 aromatic heterocycles. The summed E-state index contributed by atoms with van der Waals surface area (Å²) in [6, 6.07) is 10.6. The summed E-state index contributed by atoms with van der Waals surface area (Å²) in [6.07, 6.45) is 4.12. The molecule has 28 heavy (non-hydrogen) atoms. The molecule has 150 valence electrons. The zero-order chi connectivity index (χ0) is 19.3. The molecule has 4 rings (SSSR count). The number of ether oxygens (including phenoxy) is 1. The number of nitrogens with zero attached hydrogens (tertiary/aromatic N) is 5. The minimum Gasteiger partial charge on any atom is -0.378 e. The summed E-state index contributed by atoms with van der Waals surface area (Å²) in [5, 5.41) is 0.860. The van der Waals surface area contributed by atoms with E-state index in [0.717, 1.165) is 75.6 Å². The fraction of sp³-hybridized carbons (Fsp3) is 0.524. The molecular weight excluding hydrogens is 374 g/mol. The standard InChI is InChI=1S/C21H28ClN5O/c1-25(20-6-9-23-21(24-20)27-12-14-28-15-13-27)18-7-10-26(11-8-18)16-17-4-2-3-5-19(17)22/h2-6,9,18H,7-8,10-16H2,1H3. The van der Waals surface area contributed by atoms with Crippen molar-refractivity contribution in [1.29, 1.82) is 0 Å². The predicted molar refractivity (Wildman–Crippen MR) is 113 cm³/mol. The van der Waals surface area contributed by atoms with Gasteiger partial charge in [0.1, 0.15) is 5.82 Å². The van der Waals surface area contributed by atoms with Crippen LogP contribution in [0.3, 0.4) is 0 Å². The number of halogens is 1. The Morgan fingerprint density at radius 2 is 1.86 bits per heavy atom. The lowest BCUT2D eigenvalue weighted by Crippen LogP contribution is -2.43. The largest absolute Gasteiger partial charge is 0.378 e. The summed E-state index contributed by atoms with van der Waals surface area (Å²) < 4.78 is 5.43. The van der Waals surface area contributed by atoms with Gasteiger partial charge < -0.3 is 14.5 Å². The molecule has 0 atom stereocenters. The van der Waals surface area contributed by atoms with E-state index >= 15 is 0 Å². The van der Waals surface area contributed by atoms with Crippen LogP contribution in [0.25, 0.3) is 0 Å². The third-order valence-electron chi connectivity index (χ3n) is 5.74. The molecule has 0 aliphatic carbocycles. The van der Waals surface area contributed by atoms with Crippen LogP contribution in [0.1, 0.15) is 18.4 Å². The fourth-order valence-electron chi connectivity index (χ4n) is 3.97. The Kier molecular flexibility index (Phi) is 6.29. The first-order valence-electron chi connectivity index (χ1n) is 10.0. The van der Waals surface area contributed by atoms with E-state index in [2.05, 4.69) is 38.9 Å². The molecule has 2 aromatic rings. The number of likely N-dealkylation sites (tertiary alicyclic amines) is 1. The summed E-state index contributed by atoms with van der Waals surface area (Å²) >= 11 is 6.32. The van der Waals surface area contributed by atoms with Crippen LogP contribution < -0.4 is 9.80 Å². The molecule has 0 N–H and O–H groups in total. The monoisotopic (exact) mass is 401 g/mol. The number of hydrogen-bond donors (Lipinski definition) is 0. The lowest BCUT2D eigenvalue weighted by atomic mass is 10.0. The van der Waals surface area contributed by atoms with Gasteiger partial charge >= 0.3 is 0 Å². The molecule has 3 heterocycles. The quantitative estimate of drug-likeness (QED) is 0.767. The number of morpholine rings is 1. The Bertz CT molecular complexity index is 775. The Morgan fingerprint density at radius 3 is 2.61 bits per heavy atom. The van der Waals surface area contributed by atoms with Gasteiger partial charge in [-0.05, 0) is 30.5 Å².